The van der Waals surface area contributed by atoms with E-state index in [4.69, 9.17) is 0 Å². The van der Waals surface area contributed by atoms with Crippen LogP contribution in [0.5, 0.6) is 0 Å². The molecule has 0 fully saturated rings. The van der Waals surface area contributed by atoms with Gasteiger partial charge in [0.25, 0.3) is 0 Å². The highest BCUT2D eigenvalue weighted by atomic mass is 32.2. The summed E-state index contributed by atoms with van der Waals surface area (Å²) in [6.07, 6.45) is 3.67. The van der Waals surface area contributed by atoms with Gasteiger partial charge in [0.05, 0.1) is 22.9 Å². The third-order valence-corrected chi connectivity index (χ3v) is 5.30. The van der Waals surface area contributed by atoms with Crippen LogP contribution < -0.4 is 5.32 Å². The van der Waals surface area contributed by atoms with Gasteiger partial charge in [-0.2, -0.15) is 0 Å². The molecule has 0 atom stereocenters. The number of thioether (sulfide) groups is 1. The number of aromatic nitrogens is 3. The first-order valence-corrected chi connectivity index (χ1v) is 9.47. The summed E-state index contributed by atoms with van der Waals surface area (Å²) in [6.45, 7) is 4.40. The second kappa shape index (κ2) is 6.37. The van der Waals surface area contributed by atoms with E-state index in [-0.39, 0.29) is 0 Å². The van der Waals surface area contributed by atoms with Gasteiger partial charge in [-0.15, -0.1) is 23.1 Å². The fourth-order valence-electron chi connectivity index (χ4n) is 2.56. The minimum Gasteiger partial charge on any atom is -0.354 e. The van der Waals surface area contributed by atoms with Gasteiger partial charge in [-0.25, -0.2) is 9.97 Å². The lowest BCUT2D eigenvalue weighted by Crippen LogP contribution is -1.94. The summed E-state index contributed by atoms with van der Waals surface area (Å²) in [6, 6.07) is 10.4. The van der Waals surface area contributed by atoms with Crippen LogP contribution in [0.4, 0.5) is 11.4 Å². The molecule has 0 amide bonds. The van der Waals surface area contributed by atoms with Gasteiger partial charge in [-0.05, 0) is 30.3 Å². The zero-order valence-corrected chi connectivity index (χ0v) is 15.0. The Morgan fingerprint density at radius 2 is 1.96 bits per heavy atom. The molecule has 120 valence electrons. The van der Waals surface area contributed by atoms with Crippen molar-refractivity contribution >= 4 is 55.7 Å². The van der Waals surface area contributed by atoms with Crippen molar-refractivity contribution in [3.63, 3.8) is 0 Å². The van der Waals surface area contributed by atoms with Crippen molar-refractivity contribution in [1.82, 2.24) is 15.0 Å². The third-order valence-electron chi connectivity index (χ3n) is 3.55. The normalized spacial score (nSPS) is 11.5. The second-order valence-corrected chi connectivity index (χ2v) is 8.21. The van der Waals surface area contributed by atoms with Crippen molar-refractivity contribution < 1.29 is 0 Å². The predicted molar refractivity (Wildman–Crippen MR) is 103 cm³/mol. The van der Waals surface area contributed by atoms with E-state index in [1.807, 2.05) is 41.8 Å². The molecular weight excluding hydrogens is 336 g/mol. The minimum atomic E-state index is 0.548. The van der Waals surface area contributed by atoms with Crippen LogP contribution in [-0.4, -0.2) is 20.2 Å². The Labute approximate surface area is 148 Å². The Morgan fingerprint density at radius 1 is 1.04 bits per heavy atom. The lowest BCUT2D eigenvalue weighted by atomic mass is 10.2. The van der Waals surface area contributed by atoms with Crippen LogP contribution in [0.3, 0.4) is 0 Å². The molecule has 6 heteroatoms. The van der Waals surface area contributed by atoms with Crippen molar-refractivity contribution in [1.29, 1.82) is 0 Å². The van der Waals surface area contributed by atoms with Crippen LogP contribution in [0.1, 0.15) is 13.8 Å². The SMILES string of the molecule is CC(C)Sc1ccc2nccc(Nc3cnc4scnc4c3)c2c1. The first-order chi connectivity index (χ1) is 11.7. The molecule has 3 aromatic heterocycles. The molecule has 1 aromatic carbocycles. The van der Waals surface area contributed by atoms with Gasteiger partial charge < -0.3 is 5.32 Å². The lowest BCUT2D eigenvalue weighted by Gasteiger charge is -2.11. The summed E-state index contributed by atoms with van der Waals surface area (Å²) < 4.78 is 0. The molecule has 3 heterocycles. The van der Waals surface area contributed by atoms with Crippen LogP contribution in [0.25, 0.3) is 21.3 Å². The molecule has 0 bridgehead atoms. The standard InChI is InChI=1S/C18H16N4S2/c1-11(2)24-13-3-4-15-14(8-13)16(5-6-19-15)22-12-7-17-18(20-9-12)23-10-21-17/h3-11H,1-2H3,(H,19,22). The molecular formula is C18H16N4S2. The molecule has 0 radical (unpaired) electrons. The Hall–Kier alpha value is -2.18. The van der Waals surface area contributed by atoms with E-state index in [1.165, 1.54) is 4.90 Å². The van der Waals surface area contributed by atoms with Gasteiger partial charge in [-0.1, -0.05) is 13.8 Å². The van der Waals surface area contributed by atoms with Crippen LogP contribution in [0.2, 0.25) is 0 Å². The molecule has 1 N–H and O–H groups in total. The molecule has 4 nitrogen and oxygen atoms in total. The van der Waals surface area contributed by atoms with E-state index < -0.39 is 0 Å². The van der Waals surface area contributed by atoms with E-state index >= 15 is 0 Å². The van der Waals surface area contributed by atoms with E-state index in [2.05, 4.69) is 52.3 Å². The molecule has 0 aliphatic carbocycles. The van der Waals surface area contributed by atoms with Crippen LogP contribution in [-0.2, 0) is 0 Å². The Balaban J connectivity index is 1.74. The zero-order chi connectivity index (χ0) is 16.5. The predicted octanol–water partition coefficient (Wildman–Crippen LogP) is 5.48. The molecule has 0 aliphatic heterocycles. The van der Waals surface area contributed by atoms with E-state index in [0.29, 0.717) is 5.25 Å². The molecule has 0 saturated carbocycles. The molecule has 24 heavy (non-hydrogen) atoms. The lowest BCUT2D eigenvalue weighted by molar-refractivity contribution is 1.11. The van der Waals surface area contributed by atoms with E-state index in [0.717, 1.165) is 32.6 Å². The zero-order valence-electron chi connectivity index (χ0n) is 13.4. The first-order valence-electron chi connectivity index (χ1n) is 7.71. The summed E-state index contributed by atoms with van der Waals surface area (Å²) in [5.74, 6) is 0. The summed E-state index contributed by atoms with van der Waals surface area (Å²) in [5, 5.41) is 5.12. The number of hydrogen-bond acceptors (Lipinski definition) is 6. The molecule has 0 saturated heterocycles. The Morgan fingerprint density at radius 3 is 2.83 bits per heavy atom. The topological polar surface area (TPSA) is 50.7 Å². The molecule has 0 spiro atoms. The van der Waals surface area contributed by atoms with Gasteiger partial charge in [0.1, 0.15) is 10.3 Å². The molecule has 4 aromatic rings. The van der Waals surface area contributed by atoms with Crippen LogP contribution in [0, 0.1) is 0 Å². The number of fused-ring (bicyclic) bond motifs is 2. The smallest absolute Gasteiger partial charge is 0.143 e. The Bertz CT molecular complexity index is 1010. The fraction of sp³-hybridized carbons (Fsp3) is 0.167. The summed E-state index contributed by atoms with van der Waals surface area (Å²) in [5.41, 5.74) is 5.68. The van der Waals surface area contributed by atoms with E-state index in [1.54, 1.807) is 11.3 Å². The molecule has 0 aliphatic rings. The highest BCUT2D eigenvalue weighted by molar-refractivity contribution is 7.99. The highest BCUT2D eigenvalue weighted by Gasteiger charge is 2.07. The van der Waals surface area contributed by atoms with E-state index in [9.17, 15) is 0 Å². The van der Waals surface area contributed by atoms with Gasteiger partial charge in [0, 0.05) is 27.4 Å². The number of pyridine rings is 2. The third kappa shape index (κ3) is 3.07. The van der Waals surface area contributed by atoms with Gasteiger partial charge in [-0.3, -0.25) is 4.98 Å². The van der Waals surface area contributed by atoms with Crippen LogP contribution in [0.15, 0.2) is 53.1 Å². The molecule has 0 unspecified atom stereocenters. The fourth-order valence-corrected chi connectivity index (χ4v) is 4.05. The van der Waals surface area contributed by atoms with Crippen molar-refractivity contribution in [2.24, 2.45) is 0 Å². The maximum absolute atomic E-state index is 4.47. The van der Waals surface area contributed by atoms with Gasteiger partial charge in [0.2, 0.25) is 0 Å². The number of thiazole rings is 1. The Kier molecular flexibility index (Phi) is 4.08. The van der Waals surface area contributed by atoms with Crippen molar-refractivity contribution in [2.75, 3.05) is 5.32 Å². The summed E-state index contributed by atoms with van der Waals surface area (Å²) >= 11 is 3.40. The average molecular weight is 352 g/mol. The van der Waals surface area contributed by atoms with Gasteiger partial charge in [0.15, 0.2) is 0 Å². The number of benzene rings is 1. The van der Waals surface area contributed by atoms with Crippen molar-refractivity contribution in [3.8, 4) is 0 Å². The first kappa shape index (κ1) is 15.4. The quantitative estimate of drug-likeness (QED) is 0.493. The van der Waals surface area contributed by atoms with Gasteiger partial charge >= 0.3 is 0 Å². The minimum absolute atomic E-state index is 0.548. The molecule has 4 rings (SSSR count). The van der Waals surface area contributed by atoms with Crippen LogP contribution >= 0.6 is 23.1 Å². The average Bonchev–Trinajstić information content (AvgIpc) is 3.02. The maximum atomic E-state index is 4.47. The summed E-state index contributed by atoms with van der Waals surface area (Å²) in [4.78, 5) is 15.5. The van der Waals surface area contributed by atoms with Crippen molar-refractivity contribution in [2.45, 2.75) is 24.0 Å². The largest absolute Gasteiger partial charge is 0.354 e. The number of anilines is 2. The number of nitrogens with zero attached hydrogens (tertiary/aromatic N) is 3. The monoisotopic (exact) mass is 352 g/mol. The number of hydrogen-bond donors (Lipinski definition) is 1. The second-order valence-electron chi connectivity index (χ2n) is 5.73. The summed E-state index contributed by atoms with van der Waals surface area (Å²) in [7, 11) is 0. The van der Waals surface area contributed by atoms with Crippen molar-refractivity contribution in [3.05, 3.63) is 48.2 Å². The maximum Gasteiger partial charge on any atom is 0.143 e. The number of nitrogens with one attached hydrogen (secondary N) is 1. The highest BCUT2D eigenvalue weighted by Crippen LogP contribution is 2.31. The number of rotatable bonds is 4.